The Morgan fingerprint density at radius 3 is 2.04 bits per heavy atom. The van der Waals surface area contributed by atoms with Gasteiger partial charge in [0.2, 0.25) is 0 Å². The van der Waals surface area contributed by atoms with E-state index in [1.54, 1.807) is 0 Å². The van der Waals surface area contributed by atoms with Crippen molar-refractivity contribution >= 4 is 11.9 Å². The molecule has 1 aromatic rings. The summed E-state index contributed by atoms with van der Waals surface area (Å²) in [5.74, 6) is 0.411. The van der Waals surface area contributed by atoms with E-state index in [1.807, 2.05) is 30.3 Å². The molecule has 0 spiro atoms. The minimum atomic E-state index is -0.218. The Morgan fingerprint density at radius 1 is 0.778 bits per heavy atom. The van der Waals surface area contributed by atoms with E-state index in [0.29, 0.717) is 38.9 Å². The van der Waals surface area contributed by atoms with Crippen LogP contribution >= 0.6 is 0 Å². The third-order valence-corrected chi connectivity index (χ3v) is 4.44. The van der Waals surface area contributed by atoms with Crippen molar-refractivity contribution < 1.29 is 19.1 Å². The summed E-state index contributed by atoms with van der Waals surface area (Å²) in [4.78, 5) is 23.3. The summed E-state index contributed by atoms with van der Waals surface area (Å²) < 4.78 is 10.5. The number of unbranched alkanes of at least 4 members (excludes halogenated alkanes) is 5. The van der Waals surface area contributed by atoms with Gasteiger partial charge in [-0.3, -0.25) is 9.59 Å². The van der Waals surface area contributed by atoms with Gasteiger partial charge in [-0.15, -0.1) is 0 Å². The van der Waals surface area contributed by atoms with Crippen molar-refractivity contribution in [3.8, 4) is 0 Å². The Morgan fingerprint density at radius 2 is 1.37 bits per heavy atom. The maximum absolute atomic E-state index is 11.7. The molecular weight excluding hydrogens is 340 g/mol. The second-order valence-corrected chi connectivity index (χ2v) is 7.52. The van der Waals surface area contributed by atoms with E-state index in [0.717, 1.165) is 24.3 Å². The van der Waals surface area contributed by atoms with Crippen LogP contribution in [-0.4, -0.2) is 18.5 Å². The van der Waals surface area contributed by atoms with Gasteiger partial charge in [0.25, 0.3) is 0 Å². The fourth-order valence-corrected chi connectivity index (χ4v) is 2.79. The van der Waals surface area contributed by atoms with Gasteiger partial charge in [0.1, 0.15) is 6.61 Å². The third kappa shape index (κ3) is 14.0. The van der Waals surface area contributed by atoms with E-state index in [9.17, 15) is 9.59 Å². The molecule has 0 amide bonds. The first-order valence-corrected chi connectivity index (χ1v) is 10.4. The van der Waals surface area contributed by atoms with Gasteiger partial charge >= 0.3 is 11.9 Å². The van der Waals surface area contributed by atoms with E-state index < -0.39 is 0 Å². The van der Waals surface area contributed by atoms with Crippen molar-refractivity contribution in [2.75, 3.05) is 6.61 Å². The third-order valence-electron chi connectivity index (χ3n) is 4.44. The van der Waals surface area contributed by atoms with E-state index in [1.165, 1.54) is 25.7 Å². The molecule has 0 aliphatic carbocycles. The van der Waals surface area contributed by atoms with Crippen LogP contribution in [-0.2, 0) is 25.7 Å². The topological polar surface area (TPSA) is 52.6 Å². The summed E-state index contributed by atoms with van der Waals surface area (Å²) in [6, 6.07) is 9.62. The quantitative estimate of drug-likeness (QED) is 0.285. The van der Waals surface area contributed by atoms with Gasteiger partial charge in [0, 0.05) is 12.8 Å². The number of hydrogen-bond donors (Lipinski definition) is 0. The molecule has 152 valence electrons. The lowest BCUT2D eigenvalue weighted by Crippen LogP contribution is -2.07. The largest absolute Gasteiger partial charge is 0.466 e. The highest BCUT2D eigenvalue weighted by atomic mass is 16.5. The summed E-state index contributed by atoms with van der Waals surface area (Å²) in [5.41, 5.74) is 0.981. The highest BCUT2D eigenvalue weighted by molar-refractivity contribution is 5.70. The zero-order valence-corrected chi connectivity index (χ0v) is 17.1. The van der Waals surface area contributed by atoms with Crippen molar-refractivity contribution in [2.24, 2.45) is 5.92 Å². The zero-order valence-electron chi connectivity index (χ0n) is 17.1. The Hall–Kier alpha value is -1.84. The summed E-state index contributed by atoms with van der Waals surface area (Å²) in [7, 11) is 0. The monoisotopic (exact) mass is 376 g/mol. The van der Waals surface area contributed by atoms with Gasteiger partial charge < -0.3 is 9.47 Å². The second kappa shape index (κ2) is 15.2. The molecule has 0 aromatic heterocycles. The second-order valence-electron chi connectivity index (χ2n) is 7.52. The average Bonchev–Trinajstić information content (AvgIpc) is 2.66. The fourth-order valence-electron chi connectivity index (χ4n) is 2.79. The minimum absolute atomic E-state index is 0.160. The van der Waals surface area contributed by atoms with Crippen molar-refractivity contribution in [3.63, 3.8) is 0 Å². The number of esters is 2. The lowest BCUT2D eigenvalue weighted by Gasteiger charge is -2.06. The number of benzene rings is 1. The highest BCUT2D eigenvalue weighted by Gasteiger charge is 2.06. The van der Waals surface area contributed by atoms with Gasteiger partial charge in [-0.25, -0.2) is 0 Å². The van der Waals surface area contributed by atoms with Gasteiger partial charge in [-0.2, -0.15) is 0 Å². The first-order valence-electron chi connectivity index (χ1n) is 10.4. The zero-order chi connectivity index (χ0) is 19.7. The predicted octanol–water partition coefficient (Wildman–Crippen LogP) is 5.83. The molecule has 0 N–H and O–H groups in total. The van der Waals surface area contributed by atoms with Crippen LogP contribution in [0.4, 0.5) is 0 Å². The molecule has 0 saturated heterocycles. The fraction of sp³-hybridized carbons (Fsp3) is 0.652. The smallest absolute Gasteiger partial charge is 0.306 e. The Bertz CT molecular complexity index is 510. The number of ether oxygens (including phenoxy) is 2. The van der Waals surface area contributed by atoms with Crippen LogP contribution in [0, 0.1) is 5.92 Å². The lowest BCUT2D eigenvalue weighted by molar-refractivity contribution is -0.146. The molecule has 0 radical (unpaired) electrons. The number of carbonyl (C=O) groups excluding carboxylic acids is 2. The molecule has 4 nitrogen and oxygen atoms in total. The molecule has 0 aliphatic rings. The van der Waals surface area contributed by atoms with Crippen LogP contribution in [0.3, 0.4) is 0 Å². The lowest BCUT2D eigenvalue weighted by atomic mass is 10.0. The molecule has 0 fully saturated rings. The van der Waals surface area contributed by atoms with Gasteiger partial charge in [0.05, 0.1) is 6.61 Å². The Kier molecular flexibility index (Phi) is 13.1. The average molecular weight is 377 g/mol. The number of rotatable bonds is 15. The van der Waals surface area contributed by atoms with Crippen molar-refractivity contribution in [1.82, 2.24) is 0 Å². The summed E-state index contributed by atoms with van der Waals surface area (Å²) in [6.45, 7) is 5.33. The number of carbonyl (C=O) groups is 2. The van der Waals surface area contributed by atoms with Crippen molar-refractivity contribution in [1.29, 1.82) is 0 Å². The van der Waals surface area contributed by atoms with Gasteiger partial charge in [0.15, 0.2) is 0 Å². The SMILES string of the molecule is CC(C)CCCCCCCOC(=O)CCCCC(=O)OCc1ccccc1. The molecule has 0 saturated carbocycles. The van der Waals surface area contributed by atoms with E-state index in [-0.39, 0.29) is 11.9 Å². The molecule has 1 rings (SSSR count). The standard InChI is InChI=1S/C23H36O4/c1-20(2)13-7-4-3-5-12-18-26-22(24)16-10-11-17-23(25)27-19-21-14-8-6-9-15-21/h6,8-9,14-15,20H,3-5,7,10-13,16-19H2,1-2H3. The maximum atomic E-state index is 11.7. The van der Waals surface area contributed by atoms with E-state index >= 15 is 0 Å². The van der Waals surface area contributed by atoms with Crippen LogP contribution in [0.5, 0.6) is 0 Å². The van der Waals surface area contributed by atoms with E-state index in [2.05, 4.69) is 13.8 Å². The normalized spacial score (nSPS) is 10.8. The molecular formula is C23H36O4. The maximum Gasteiger partial charge on any atom is 0.306 e. The van der Waals surface area contributed by atoms with Crippen LogP contribution < -0.4 is 0 Å². The van der Waals surface area contributed by atoms with Gasteiger partial charge in [-0.1, -0.05) is 76.3 Å². The molecule has 0 aliphatic heterocycles. The first kappa shape index (κ1) is 23.2. The summed E-state index contributed by atoms with van der Waals surface area (Å²) >= 11 is 0. The number of hydrogen-bond acceptors (Lipinski definition) is 4. The summed E-state index contributed by atoms with van der Waals surface area (Å²) in [5, 5.41) is 0. The molecule has 0 heterocycles. The predicted molar refractivity (Wildman–Crippen MR) is 108 cm³/mol. The molecule has 0 bridgehead atoms. The van der Waals surface area contributed by atoms with E-state index in [4.69, 9.17) is 9.47 Å². The van der Waals surface area contributed by atoms with Crippen LogP contribution in [0.2, 0.25) is 0 Å². The van der Waals surface area contributed by atoms with Crippen LogP contribution in [0.1, 0.15) is 83.6 Å². The first-order chi connectivity index (χ1) is 13.1. The van der Waals surface area contributed by atoms with Crippen LogP contribution in [0.15, 0.2) is 30.3 Å². The minimum Gasteiger partial charge on any atom is -0.466 e. The molecule has 0 unspecified atom stereocenters. The molecule has 4 heteroatoms. The Labute approximate surface area is 164 Å². The highest BCUT2D eigenvalue weighted by Crippen LogP contribution is 2.11. The van der Waals surface area contributed by atoms with Gasteiger partial charge in [-0.05, 0) is 30.7 Å². The molecule has 1 aromatic carbocycles. The molecule has 0 atom stereocenters. The van der Waals surface area contributed by atoms with Crippen molar-refractivity contribution in [3.05, 3.63) is 35.9 Å². The molecule has 27 heavy (non-hydrogen) atoms. The van der Waals surface area contributed by atoms with Crippen LogP contribution in [0.25, 0.3) is 0 Å². The van der Waals surface area contributed by atoms with Crippen molar-refractivity contribution in [2.45, 2.75) is 84.7 Å². The Balaban J connectivity index is 1.90. The summed E-state index contributed by atoms with van der Waals surface area (Å²) in [6.07, 6.45) is 9.18.